The Bertz CT molecular complexity index is 57.7. The maximum absolute atomic E-state index is 3.53. The summed E-state index contributed by atoms with van der Waals surface area (Å²) in [6.07, 6.45) is 10.6. The van der Waals surface area contributed by atoms with Crippen molar-refractivity contribution in [2.24, 2.45) is 5.92 Å². The number of unbranched alkanes of at least 4 members (excludes halogenated alkanes) is 1. The van der Waals surface area contributed by atoms with Gasteiger partial charge in [0, 0.05) is 0 Å². The highest BCUT2D eigenvalue weighted by Crippen LogP contribution is 2.30. The lowest BCUT2D eigenvalue weighted by atomic mass is 9.82. The van der Waals surface area contributed by atoms with E-state index in [0.29, 0.717) is 0 Å². The fraction of sp³-hybridized carbons (Fsp3) is 1.00. The Balaban J connectivity index is 0.000000371. The second kappa shape index (κ2) is 7.46. The predicted molar refractivity (Wildman–Crippen MR) is 51.8 cm³/mol. The first-order valence-corrected chi connectivity index (χ1v) is 5.27. The zero-order chi connectivity index (χ0) is 7.82. The van der Waals surface area contributed by atoms with Gasteiger partial charge in [0.15, 0.2) is 0 Å². The zero-order valence-corrected chi connectivity index (χ0v) is 8.16. The third kappa shape index (κ3) is 4.21. The molecule has 0 nitrogen and oxygen atoms in total. The summed E-state index contributed by atoms with van der Waals surface area (Å²) in [5.74, 6) is 1.13. The van der Waals surface area contributed by atoms with E-state index >= 15 is 0 Å². The van der Waals surface area contributed by atoms with Gasteiger partial charge in [-0.2, -0.15) is 12.6 Å². The molecule has 0 N–H and O–H groups in total. The van der Waals surface area contributed by atoms with Crippen molar-refractivity contribution in [2.45, 2.75) is 45.4 Å². The van der Waals surface area contributed by atoms with Crippen molar-refractivity contribution in [3.05, 3.63) is 0 Å². The molecule has 1 aliphatic rings. The Hall–Kier alpha value is 0.350. The minimum atomic E-state index is 1.13. The average molecular weight is 160 g/mol. The topological polar surface area (TPSA) is 0 Å². The molecule has 0 aliphatic heterocycles. The van der Waals surface area contributed by atoms with Crippen LogP contribution in [0.15, 0.2) is 0 Å². The van der Waals surface area contributed by atoms with Gasteiger partial charge < -0.3 is 0 Å². The van der Waals surface area contributed by atoms with Crippen LogP contribution in [0.25, 0.3) is 0 Å². The van der Waals surface area contributed by atoms with E-state index in [1.807, 2.05) is 0 Å². The Morgan fingerprint density at radius 2 is 1.90 bits per heavy atom. The summed E-state index contributed by atoms with van der Waals surface area (Å²) in [7, 11) is 0. The quantitative estimate of drug-likeness (QED) is 0.600. The fourth-order valence-electron chi connectivity index (χ4n) is 1.27. The van der Waals surface area contributed by atoms with Crippen LogP contribution in [0, 0.1) is 5.92 Å². The van der Waals surface area contributed by atoms with Gasteiger partial charge in [-0.25, -0.2) is 0 Å². The van der Waals surface area contributed by atoms with Crippen LogP contribution in [0.5, 0.6) is 0 Å². The first kappa shape index (κ1) is 10.3. The summed E-state index contributed by atoms with van der Waals surface area (Å²) in [6.45, 7) is 2.28. The summed E-state index contributed by atoms with van der Waals surface area (Å²) < 4.78 is 0. The second-order valence-corrected chi connectivity index (χ2v) is 2.94. The molecule has 10 heavy (non-hydrogen) atoms. The number of rotatable bonds is 3. The van der Waals surface area contributed by atoms with E-state index in [2.05, 4.69) is 19.6 Å². The van der Waals surface area contributed by atoms with Crippen LogP contribution in [0.4, 0.5) is 0 Å². The summed E-state index contributed by atoms with van der Waals surface area (Å²) >= 11 is 3.53. The molecule has 0 bridgehead atoms. The van der Waals surface area contributed by atoms with Gasteiger partial charge in [0.1, 0.15) is 0 Å². The summed E-state index contributed by atoms with van der Waals surface area (Å²) in [5, 5.41) is 0. The van der Waals surface area contributed by atoms with E-state index < -0.39 is 0 Å². The Morgan fingerprint density at radius 3 is 2.20 bits per heavy atom. The van der Waals surface area contributed by atoms with Crippen LogP contribution < -0.4 is 0 Å². The van der Waals surface area contributed by atoms with Crippen molar-refractivity contribution >= 4 is 12.6 Å². The molecular formula is C9H20S. The fourth-order valence-corrected chi connectivity index (χ4v) is 1.27. The molecule has 0 aromatic rings. The minimum absolute atomic E-state index is 1.13. The van der Waals surface area contributed by atoms with Gasteiger partial charge in [0.2, 0.25) is 0 Å². The molecule has 0 unspecified atom stereocenters. The molecule has 1 heteroatoms. The van der Waals surface area contributed by atoms with Gasteiger partial charge in [-0.1, -0.05) is 45.4 Å². The van der Waals surface area contributed by atoms with Crippen LogP contribution in [-0.2, 0) is 0 Å². The average Bonchev–Trinajstić information content (AvgIpc) is 1.90. The molecule has 0 radical (unpaired) electrons. The number of thiol groups is 1. The van der Waals surface area contributed by atoms with Crippen LogP contribution in [0.3, 0.4) is 0 Å². The molecule has 62 valence electrons. The molecule has 1 rings (SSSR count). The Kier molecular flexibility index (Phi) is 7.72. The highest BCUT2D eigenvalue weighted by Gasteiger charge is 2.15. The normalized spacial score (nSPS) is 17.1. The van der Waals surface area contributed by atoms with Gasteiger partial charge in [-0.15, -0.1) is 0 Å². The third-order valence-corrected chi connectivity index (χ3v) is 2.19. The maximum Gasteiger partial charge on any atom is -0.0215 e. The lowest BCUT2D eigenvalue weighted by Crippen LogP contribution is -2.09. The molecule has 0 aromatic heterocycles. The first-order valence-electron chi connectivity index (χ1n) is 4.38. The molecule has 0 amide bonds. The lowest BCUT2D eigenvalue weighted by molar-refractivity contribution is 0.289. The molecule has 0 saturated heterocycles. The van der Waals surface area contributed by atoms with Gasteiger partial charge >= 0.3 is 0 Å². The standard InChI is InChI=1S/C8H16.CH4S/c1-2-3-5-8-6-4-7-8;1-2/h8H,2-7H2,1H3;2H,1H3. The first-order chi connectivity index (χ1) is 4.93. The third-order valence-electron chi connectivity index (χ3n) is 2.19. The zero-order valence-electron chi connectivity index (χ0n) is 7.27. The Morgan fingerprint density at radius 1 is 1.30 bits per heavy atom. The summed E-state index contributed by atoms with van der Waals surface area (Å²) in [6, 6.07) is 0. The van der Waals surface area contributed by atoms with E-state index in [1.54, 1.807) is 6.26 Å². The predicted octanol–water partition coefficient (Wildman–Crippen LogP) is 3.52. The van der Waals surface area contributed by atoms with E-state index in [1.165, 1.54) is 38.5 Å². The smallest absolute Gasteiger partial charge is 0.0215 e. The minimum Gasteiger partial charge on any atom is -0.183 e. The van der Waals surface area contributed by atoms with Crippen LogP contribution in [0.2, 0.25) is 0 Å². The van der Waals surface area contributed by atoms with E-state index in [9.17, 15) is 0 Å². The van der Waals surface area contributed by atoms with Crippen LogP contribution in [-0.4, -0.2) is 6.26 Å². The second-order valence-electron chi connectivity index (χ2n) is 2.94. The van der Waals surface area contributed by atoms with Crippen molar-refractivity contribution in [3.63, 3.8) is 0 Å². The summed E-state index contributed by atoms with van der Waals surface area (Å²) in [5.41, 5.74) is 0. The summed E-state index contributed by atoms with van der Waals surface area (Å²) in [4.78, 5) is 0. The molecule has 1 aliphatic carbocycles. The van der Waals surface area contributed by atoms with Gasteiger partial charge in [-0.3, -0.25) is 0 Å². The van der Waals surface area contributed by atoms with Crippen molar-refractivity contribution in [3.8, 4) is 0 Å². The molecule has 0 heterocycles. The molecule has 0 atom stereocenters. The highest BCUT2D eigenvalue weighted by molar-refractivity contribution is 7.79. The maximum atomic E-state index is 3.53. The van der Waals surface area contributed by atoms with Crippen molar-refractivity contribution in [1.82, 2.24) is 0 Å². The molecule has 1 saturated carbocycles. The van der Waals surface area contributed by atoms with Crippen LogP contribution in [0.1, 0.15) is 45.4 Å². The van der Waals surface area contributed by atoms with Crippen molar-refractivity contribution in [2.75, 3.05) is 6.26 Å². The van der Waals surface area contributed by atoms with Crippen LogP contribution >= 0.6 is 12.6 Å². The SMILES string of the molecule is CCCCC1CCC1.CS. The van der Waals surface area contributed by atoms with E-state index in [-0.39, 0.29) is 0 Å². The Labute approximate surface area is 70.8 Å². The number of hydrogen-bond donors (Lipinski definition) is 1. The molecule has 0 aromatic carbocycles. The molecular weight excluding hydrogens is 140 g/mol. The van der Waals surface area contributed by atoms with Gasteiger partial charge in [0.05, 0.1) is 0 Å². The van der Waals surface area contributed by atoms with E-state index in [0.717, 1.165) is 5.92 Å². The lowest BCUT2D eigenvalue weighted by Gasteiger charge is -2.24. The van der Waals surface area contributed by atoms with Gasteiger partial charge in [-0.05, 0) is 12.2 Å². The molecule has 0 spiro atoms. The van der Waals surface area contributed by atoms with Crippen molar-refractivity contribution in [1.29, 1.82) is 0 Å². The number of hydrogen-bond acceptors (Lipinski definition) is 1. The van der Waals surface area contributed by atoms with E-state index in [4.69, 9.17) is 0 Å². The van der Waals surface area contributed by atoms with Gasteiger partial charge in [0.25, 0.3) is 0 Å². The largest absolute Gasteiger partial charge is 0.183 e. The highest BCUT2D eigenvalue weighted by atomic mass is 32.1. The monoisotopic (exact) mass is 160 g/mol. The molecule has 1 fully saturated rings. The van der Waals surface area contributed by atoms with Crippen molar-refractivity contribution < 1.29 is 0 Å².